The maximum absolute atomic E-state index is 10.9. The molecule has 5 heteroatoms. The summed E-state index contributed by atoms with van der Waals surface area (Å²) in [4.78, 5) is 10.9. The van der Waals surface area contributed by atoms with Gasteiger partial charge in [-0.1, -0.05) is 12.2 Å². The van der Waals surface area contributed by atoms with Gasteiger partial charge in [0.15, 0.2) is 0 Å². The van der Waals surface area contributed by atoms with Crippen molar-refractivity contribution in [2.75, 3.05) is 7.05 Å². The lowest BCUT2D eigenvalue weighted by Crippen LogP contribution is -2.33. The highest BCUT2D eigenvalue weighted by Crippen LogP contribution is 2.44. The summed E-state index contributed by atoms with van der Waals surface area (Å²) >= 11 is 0. The van der Waals surface area contributed by atoms with Crippen LogP contribution in [0.1, 0.15) is 6.42 Å². The zero-order valence-electron chi connectivity index (χ0n) is 6.78. The second-order valence-electron chi connectivity index (χ2n) is 2.33. The molecule has 0 atom stereocenters. The molecule has 0 aromatic rings. The highest BCUT2D eigenvalue weighted by molar-refractivity contribution is 8.32. The van der Waals surface area contributed by atoms with Gasteiger partial charge in [-0.25, -0.2) is 4.79 Å². The van der Waals surface area contributed by atoms with E-state index in [2.05, 4.69) is 10.0 Å². The summed E-state index contributed by atoms with van der Waals surface area (Å²) in [7, 11) is -0.666. The minimum atomic E-state index is -2.17. The fourth-order valence-electron chi connectivity index (χ4n) is 0.796. The van der Waals surface area contributed by atoms with Crippen molar-refractivity contribution in [1.29, 1.82) is 0 Å². The van der Waals surface area contributed by atoms with E-state index in [0.717, 1.165) is 6.42 Å². The number of allylic oxidation sites excluding steroid dienone is 2. The van der Waals surface area contributed by atoms with Gasteiger partial charge in [0.2, 0.25) is 0 Å². The zero-order chi connectivity index (χ0) is 9.03. The van der Waals surface area contributed by atoms with E-state index in [4.69, 9.17) is 0 Å². The van der Waals surface area contributed by atoms with Crippen LogP contribution in [-0.2, 0) is 0 Å². The number of carbonyl (C=O) groups excluding carboxylic acids is 1. The van der Waals surface area contributed by atoms with Gasteiger partial charge in [-0.3, -0.25) is 4.72 Å². The van der Waals surface area contributed by atoms with Gasteiger partial charge in [-0.15, -0.1) is 0 Å². The monoisotopic (exact) mass is 188 g/mol. The van der Waals surface area contributed by atoms with E-state index in [9.17, 15) is 9.35 Å². The molecule has 0 fully saturated rings. The Hall–Kier alpha value is -0.940. The van der Waals surface area contributed by atoms with E-state index < -0.39 is 10.5 Å². The van der Waals surface area contributed by atoms with Crippen LogP contribution in [0.15, 0.2) is 23.0 Å². The Kier molecular flexibility index (Phi) is 2.78. The van der Waals surface area contributed by atoms with Crippen LogP contribution in [0.4, 0.5) is 4.79 Å². The Morgan fingerprint density at radius 3 is 2.58 bits per heavy atom. The van der Waals surface area contributed by atoms with Crippen LogP contribution in [0.5, 0.6) is 0 Å². The van der Waals surface area contributed by atoms with Crippen LogP contribution < -0.4 is 10.0 Å². The molecule has 1 aliphatic rings. The first-order chi connectivity index (χ1) is 5.66. The van der Waals surface area contributed by atoms with E-state index in [0.29, 0.717) is 0 Å². The van der Waals surface area contributed by atoms with Crippen LogP contribution in [0, 0.1) is 0 Å². The molecule has 68 valence electrons. The van der Waals surface area contributed by atoms with Gasteiger partial charge in [0, 0.05) is 7.05 Å². The third kappa shape index (κ3) is 2.28. The molecule has 0 aromatic carbocycles. The first-order valence-corrected chi connectivity index (χ1v) is 5.26. The van der Waals surface area contributed by atoms with E-state index in [1.54, 1.807) is 10.8 Å². The molecule has 2 amide bonds. The van der Waals surface area contributed by atoms with Gasteiger partial charge in [0.25, 0.3) is 0 Å². The number of hydrogen-bond donors (Lipinski definition) is 3. The van der Waals surface area contributed by atoms with Crippen LogP contribution in [0.25, 0.3) is 0 Å². The van der Waals surface area contributed by atoms with Crippen molar-refractivity contribution in [3.8, 4) is 0 Å². The maximum atomic E-state index is 10.9. The summed E-state index contributed by atoms with van der Waals surface area (Å²) in [5.41, 5.74) is 0. The second kappa shape index (κ2) is 3.64. The Morgan fingerprint density at radius 2 is 2.08 bits per heavy atom. The molecule has 12 heavy (non-hydrogen) atoms. The highest BCUT2D eigenvalue weighted by atomic mass is 32.3. The smallest absolute Gasteiger partial charge is 0.325 e. The molecule has 1 aliphatic heterocycles. The number of urea groups is 1. The number of rotatable bonds is 1. The molecular formula is C7H12N2O2S. The largest absolute Gasteiger partial charge is 0.340 e. The van der Waals surface area contributed by atoms with Gasteiger partial charge in [0.1, 0.15) is 0 Å². The van der Waals surface area contributed by atoms with Crippen molar-refractivity contribution in [2.24, 2.45) is 0 Å². The molecular weight excluding hydrogens is 176 g/mol. The second-order valence-corrected chi connectivity index (χ2v) is 4.43. The number of carbonyl (C=O) groups is 1. The number of hydrogen-bond acceptors (Lipinski definition) is 2. The third-order valence-electron chi connectivity index (χ3n) is 1.36. The van der Waals surface area contributed by atoms with Crippen molar-refractivity contribution >= 4 is 16.5 Å². The van der Waals surface area contributed by atoms with Crippen molar-refractivity contribution in [1.82, 2.24) is 10.0 Å². The lowest BCUT2D eigenvalue weighted by atomic mass is 10.4. The molecule has 0 aliphatic carbocycles. The molecule has 3 N–H and O–H groups in total. The van der Waals surface area contributed by atoms with Crippen molar-refractivity contribution < 1.29 is 9.35 Å². The Morgan fingerprint density at radius 1 is 1.50 bits per heavy atom. The minimum absolute atomic E-state index is 0.372. The summed E-state index contributed by atoms with van der Waals surface area (Å²) in [6, 6.07) is -0.372. The number of amides is 2. The molecule has 0 bridgehead atoms. The van der Waals surface area contributed by atoms with Crippen LogP contribution in [-0.4, -0.2) is 17.6 Å². The molecule has 0 saturated carbocycles. The normalized spacial score (nSPS) is 21.5. The van der Waals surface area contributed by atoms with Gasteiger partial charge in [-0.05, 0) is 27.7 Å². The van der Waals surface area contributed by atoms with Crippen LogP contribution in [0.2, 0.25) is 0 Å². The highest BCUT2D eigenvalue weighted by Gasteiger charge is 2.16. The van der Waals surface area contributed by atoms with Gasteiger partial charge in [0.05, 0.1) is 0 Å². The Labute approximate surface area is 73.0 Å². The first-order valence-electron chi connectivity index (χ1n) is 3.55. The van der Waals surface area contributed by atoms with Gasteiger partial charge < -0.3 is 9.87 Å². The average molecular weight is 188 g/mol. The lowest BCUT2D eigenvalue weighted by Gasteiger charge is -2.28. The van der Waals surface area contributed by atoms with Crippen LogP contribution >= 0.6 is 10.5 Å². The quantitative estimate of drug-likeness (QED) is 0.584. The topological polar surface area (TPSA) is 61.4 Å². The molecule has 0 saturated heterocycles. The molecule has 4 nitrogen and oxygen atoms in total. The standard InChI is InChI=1S/C7H12N2O2S/c1-8-7(10)9-12(11)5-3-2-4-6-12/h3-6,11H,2H2,1H3,(H2,8,9,10). The summed E-state index contributed by atoms with van der Waals surface area (Å²) in [5.74, 6) is 0. The summed E-state index contributed by atoms with van der Waals surface area (Å²) in [6.07, 6.45) is 4.46. The molecule has 0 unspecified atom stereocenters. The summed E-state index contributed by atoms with van der Waals surface area (Å²) in [5, 5.41) is 5.63. The van der Waals surface area contributed by atoms with E-state index in [1.165, 1.54) is 7.05 Å². The third-order valence-corrected chi connectivity index (χ3v) is 3.09. The Bertz CT molecular complexity index is 226. The Balaban J connectivity index is 2.59. The minimum Gasteiger partial charge on any atom is -0.340 e. The molecule has 1 heterocycles. The molecule has 0 spiro atoms. The summed E-state index contributed by atoms with van der Waals surface area (Å²) in [6.45, 7) is 0. The lowest BCUT2D eigenvalue weighted by molar-refractivity contribution is 0.248. The fourth-order valence-corrected chi connectivity index (χ4v) is 2.23. The molecule has 0 radical (unpaired) electrons. The van der Waals surface area contributed by atoms with E-state index in [1.807, 2.05) is 12.2 Å². The number of nitrogens with one attached hydrogen (secondary N) is 2. The first kappa shape index (κ1) is 9.15. The molecule has 0 aromatic heterocycles. The zero-order valence-corrected chi connectivity index (χ0v) is 7.60. The SMILES string of the molecule is CNC(=O)NS1(O)C=CCC=C1. The van der Waals surface area contributed by atoms with E-state index >= 15 is 0 Å². The van der Waals surface area contributed by atoms with Crippen molar-refractivity contribution in [2.45, 2.75) is 6.42 Å². The van der Waals surface area contributed by atoms with Crippen molar-refractivity contribution in [3.63, 3.8) is 0 Å². The van der Waals surface area contributed by atoms with Gasteiger partial charge in [-0.2, -0.15) is 0 Å². The average Bonchev–Trinajstić information content (AvgIpc) is 2.05. The predicted molar refractivity (Wildman–Crippen MR) is 50.7 cm³/mol. The van der Waals surface area contributed by atoms with Crippen molar-refractivity contribution in [3.05, 3.63) is 23.0 Å². The van der Waals surface area contributed by atoms with Crippen LogP contribution in [0.3, 0.4) is 0 Å². The predicted octanol–water partition coefficient (Wildman–Crippen LogP) is 1.54. The maximum Gasteiger partial charge on any atom is 0.325 e. The molecule has 1 rings (SSSR count). The summed E-state index contributed by atoms with van der Waals surface area (Å²) < 4.78 is 12.2. The fraction of sp³-hybridized carbons (Fsp3) is 0.286. The van der Waals surface area contributed by atoms with E-state index in [-0.39, 0.29) is 6.03 Å². The van der Waals surface area contributed by atoms with Gasteiger partial charge >= 0.3 is 6.03 Å².